The summed E-state index contributed by atoms with van der Waals surface area (Å²) in [7, 11) is 1.65. The normalized spacial score (nSPS) is 10.3. The number of anilines is 1. The smallest absolute Gasteiger partial charge is 0.243 e. The number of aryl methyl sites for hydroxylation is 2. The molecule has 0 saturated heterocycles. The van der Waals surface area contributed by atoms with E-state index in [1.54, 1.807) is 7.05 Å². The molecule has 0 aromatic heterocycles. The highest BCUT2D eigenvalue weighted by molar-refractivity contribution is 9.10. The highest BCUT2D eigenvalue weighted by Gasteiger charge is 2.15. The molecule has 0 saturated carbocycles. The van der Waals surface area contributed by atoms with E-state index in [1.165, 1.54) is 4.90 Å². The van der Waals surface area contributed by atoms with Crippen molar-refractivity contribution in [3.05, 3.63) is 63.6 Å². The molecule has 0 spiro atoms. The largest absolute Gasteiger partial charge is 0.336 e. The Balaban J connectivity index is 1.93. The van der Waals surface area contributed by atoms with Crippen LogP contribution in [0.3, 0.4) is 0 Å². The van der Waals surface area contributed by atoms with E-state index >= 15 is 0 Å². The van der Waals surface area contributed by atoms with Gasteiger partial charge in [-0.2, -0.15) is 0 Å². The van der Waals surface area contributed by atoms with E-state index in [9.17, 15) is 9.59 Å². The van der Waals surface area contributed by atoms with Crippen LogP contribution in [0.15, 0.2) is 46.9 Å². The molecular formula is C19H21BrN2O2. The van der Waals surface area contributed by atoms with Gasteiger partial charge >= 0.3 is 0 Å². The summed E-state index contributed by atoms with van der Waals surface area (Å²) in [6.45, 7) is 3.93. The Labute approximate surface area is 151 Å². The molecule has 2 amide bonds. The van der Waals surface area contributed by atoms with Crippen molar-refractivity contribution in [1.82, 2.24) is 4.90 Å². The first-order chi connectivity index (χ1) is 11.4. The summed E-state index contributed by atoms with van der Waals surface area (Å²) < 4.78 is 0.962. The molecule has 1 N–H and O–H groups in total. The molecular weight excluding hydrogens is 368 g/mol. The second-order valence-electron chi connectivity index (χ2n) is 5.86. The third kappa shape index (κ3) is 4.93. The second kappa shape index (κ2) is 8.11. The second-order valence-corrected chi connectivity index (χ2v) is 6.78. The monoisotopic (exact) mass is 388 g/mol. The first kappa shape index (κ1) is 18.2. The zero-order valence-electron chi connectivity index (χ0n) is 14.1. The summed E-state index contributed by atoms with van der Waals surface area (Å²) in [6.07, 6.45) is 0.299. The zero-order valence-corrected chi connectivity index (χ0v) is 15.7. The fraction of sp³-hybridized carbons (Fsp3) is 0.263. The van der Waals surface area contributed by atoms with Crippen molar-refractivity contribution in [2.45, 2.75) is 20.3 Å². The Morgan fingerprint density at radius 3 is 2.46 bits per heavy atom. The standard InChI is InChI=1S/C19H21BrN2O2/c1-13-6-4-5-7-15(13)11-19(24)22(3)12-18(23)21-17-9-8-16(20)10-14(17)2/h4-10H,11-12H2,1-3H3,(H,21,23). The molecule has 5 heteroatoms. The summed E-state index contributed by atoms with van der Waals surface area (Å²) in [5.41, 5.74) is 3.78. The van der Waals surface area contributed by atoms with E-state index in [2.05, 4.69) is 21.2 Å². The molecule has 0 heterocycles. The number of rotatable bonds is 5. The van der Waals surface area contributed by atoms with Crippen molar-refractivity contribution < 1.29 is 9.59 Å². The van der Waals surface area contributed by atoms with Gasteiger partial charge in [0.1, 0.15) is 0 Å². The first-order valence-corrected chi connectivity index (χ1v) is 8.50. The molecule has 2 rings (SSSR count). The number of nitrogens with zero attached hydrogens (tertiary/aromatic N) is 1. The van der Waals surface area contributed by atoms with Crippen LogP contribution in [0.4, 0.5) is 5.69 Å². The van der Waals surface area contributed by atoms with Gasteiger partial charge in [-0.3, -0.25) is 9.59 Å². The van der Waals surface area contributed by atoms with Crippen LogP contribution in [-0.2, 0) is 16.0 Å². The van der Waals surface area contributed by atoms with Gasteiger partial charge in [0.15, 0.2) is 0 Å². The summed E-state index contributed by atoms with van der Waals surface area (Å²) in [4.78, 5) is 25.9. The number of amides is 2. The van der Waals surface area contributed by atoms with Gasteiger partial charge in [0.25, 0.3) is 0 Å². The molecule has 0 radical (unpaired) electrons. The summed E-state index contributed by atoms with van der Waals surface area (Å²) in [6, 6.07) is 13.4. The fourth-order valence-corrected chi connectivity index (χ4v) is 2.84. The number of hydrogen-bond acceptors (Lipinski definition) is 2. The molecule has 4 nitrogen and oxygen atoms in total. The maximum absolute atomic E-state index is 12.3. The number of benzene rings is 2. The summed E-state index contributed by atoms with van der Waals surface area (Å²) >= 11 is 3.39. The minimum Gasteiger partial charge on any atom is -0.336 e. The van der Waals surface area contributed by atoms with Crippen LogP contribution in [0, 0.1) is 13.8 Å². The van der Waals surface area contributed by atoms with Crippen molar-refractivity contribution in [1.29, 1.82) is 0 Å². The van der Waals surface area contributed by atoms with Crippen molar-refractivity contribution >= 4 is 33.4 Å². The number of hydrogen-bond donors (Lipinski definition) is 1. The predicted molar refractivity (Wildman–Crippen MR) is 100 cm³/mol. The number of carbonyl (C=O) groups excluding carboxylic acids is 2. The number of nitrogens with one attached hydrogen (secondary N) is 1. The summed E-state index contributed by atoms with van der Waals surface area (Å²) in [5, 5.41) is 2.84. The number of likely N-dealkylation sites (N-methyl/N-ethyl adjacent to an activating group) is 1. The highest BCUT2D eigenvalue weighted by atomic mass is 79.9. The van der Waals surface area contributed by atoms with Crippen molar-refractivity contribution in [2.75, 3.05) is 18.9 Å². The van der Waals surface area contributed by atoms with Gasteiger partial charge < -0.3 is 10.2 Å². The minimum absolute atomic E-state index is 0.0280. The van der Waals surface area contributed by atoms with E-state index in [0.717, 1.165) is 26.9 Å². The molecule has 0 aliphatic heterocycles. The van der Waals surface area contributed by atoms with Crippen LogP contribution in [0.1, 0.15) is 16.7 Å². The maximum Gasteiger partial charge on any atom is 0.243 e. The lowest BCUT2D eigenvalue weighted by atomic mass is 10.1. The lowest BCUT2D eigenvalue weighted by Crippen LogP contribution is -2.36. The quantitative estimate of drug-likeness (QED) is 0.848. The van der Waals surface area contributed by atoms with E-state index < -0.39 is 0 Å². The van der Waals surface area contributed by atoms with Gasteiger partial charge in [-0.15, -0.1) is 0 Å². The Kier molecular flexibility index (Phi) is 6.15. The molecule has 2 aromatic carbocycles. The lowest BCUT2D eigenvalue weighted by Gasteiger charge is -2.18. The third-order valence-corrected chi connectivity index (χ3v) is 4.37. The molecule has 0 aliphatic carbocycles. The lowest BCUT2D eigenvalue weighted by molar-refractivity contribution is -0.132. The van der Waals surface area contributed by atoms with Gasteiger partial charge in [-0.25, -0.2) is 0 Å². The topological polar surface area (TPSA) is 49.4 Å². The number of halogens is 1. The van der Waals surface area contributed by atoms with Gasteiger partial charge in [0.2, 0.25) is 11.8 Å². The number of carbonyl (C=O) groups is 2. The van der Waals surface area contributed by atoms with E-state index in [1.807, 2.05) is 56.3 Å². The van der Waals surface area contributed by atoms with Gasteiger partial charge in [0.05, 0.1) is 13.0 Å². The van der Waals surface area contributed by atoms with E-state index in [0.29, 0.717) is 6.42 Å². The van der Waals surface area contributed by atoms with Gasteiger partial charge in [-0.1, -0.05) is 40.2 Å². The molecule has 0 atom stereocenters. The van der Waals surface area contributed by atoms with Gasteiger partial charge in [0, 0.05) is 17.2 Å². The van der Waals surface area contributed by atoms with Crippen molar-refractivity contribution in [3.63, 3.8) is 0 Å². The Morgan fingerprint density at radius 1 is 1.08 bits per heavy atom. The molecule has 0 bridgehead atoms. The first-order valence-electron chi connectivity index (χ1n) is 7.71. The van der Waals surface area contributed by atoms with Crippen LogP contribution in [0.2, 0.25) is 0 Å². The molecule has 0 aliphatic rings. The zero-order chi connectivity index (χ0) is 17.7. The van der Waals surface area contributed by atoms with Crippen LogP contribution in [-0.4, -0.2) is 30.3 Å². The Hall–Kier alpha value is -2.14. The SMILES string of the molecule is Cc1ccccc1CC(=O)N(C)CC(=O)Nc1ccc(Br)cc1C. The van der Waals surface area contributed by atoms with E-state index in [-0.39, 0.29) is 18.4 Å². The highest BCUT2D eigenvalue weighted by Crippen LogP contribution is 2.20. The predicted octanol–water partition coefficient (Wildman–Crippen LogP) is 3.71. The van der Waals surface area contributed by atoms with Gasteiger partial charge in [-0.05, 0) is 48.7 Å². The summed E-state index contributed by atoms with van der Waals surface area (Å²) in [5.74, 6) is -0.284. The molecule has 0 fully saturated rings. The Morgan fingerprint density at radius 2 is 1.79 bits per heavy atom. The average molecular weight is 389 g/mol. The molecule has 0 unspecified atom stereocenters. The van der Waals surface area contributed by atoms with Crippen LogP contribution in [0.25, 0.3) is 0 Å². The van der Waals surface area contributed by atoms with Crippen molar-refractivity contribution in [3.8, 4) is 0 Å². The molecule has 126 valence electrons. The minimum atomic E-state index is -0.207. The van der Waals surface area contributed by atoms with E-state index in [4.69, 9.17) is 0 Å². The van der Waals surface area contributed by atoms with Crippen LogP contribution < -0.4 is 5.32 Å². The molecule has 24 heavy (non-hydrogen) atoms. The van der Waals surface area contributed by atoms with Crippen molar-refractivity contribution in [2.24, 2.45) is 0 Å². The Bertz CT molecular complexity index is 759. The van der Waals surface area contributed by atoms with Crippen LogP contribution >= 0.6 is 15.9 Å². The average Bonchev–Trinajstić information content (AvgIpc) is 2.52. The fourth-order valence-electron chi connectivity index (χ4n) is 2.37. The molecule has 2 aromatic rings. The third-order valence-electron chi connectivity index (χ3n) is 3.87. The van der Waals surface area contributed by atoms with Crippen LogP contribution in [0.5, 0.6) is 0 Å². The maximum atomic E-state index is 12.3.